The number of fused-ring (bicyclic) bond motifs is 7. The van der Waals surface area contributed by atoms with Crippen molar-refractivity contribution in [3.63, 3.8) is 0 Å². The van der Waals surface area contributed by atoms with Crippen LogP contribution in [0.4, 0.5) is 0 Å². The largest absolute Gasteiger partial charge is 0.432 e. The van der Waals surface area contributed by atoms with Gasteiger partial charge in [0.25, 0.3) is 0 Å². The molecule has 0 aromatic heterocycles. The van der Waals surface area contributed by atoms with Gasteiger partial charge in [0.1, 0.15) is 110 Å². The smallest absolute Gasteiger partial charge is 0.315 e. The van der Waals surface area contributed by atoms with E-state index in [0.717, 1.165) is 5.57 Å². The topological polar surface area (TPSA) is 492 Å². The zero-order valence-electron chi connectivity index (χ0n) is 54.3. The fourth-order valence-electron chi connectivity index (χ4n) is 19.2. The first-order valence-electron chi connectivity index (χ1n) is 33.1. The van der Waals surface area contributed by atoms with Gasteiger partial charge in [0.15, 0.2) is 37.6 Å². The normalized spacial score (nSPS) is 56.7. The van der Waals surface area contributed by atoms with Gasteiger partial charge in [-0.05, 0) is 99.2 Å². The maximum atomic E-state index is 15.6. The van der Waals surface area contributed by atoms with Crippen LogP contribution in [-0.2, 0) is 61.6 Å². The Hall–Kier alpha value is -1.95. The van der Waals surface area contributed by atoms with Crippen LogP contribution in [0.3, 0.4) is 0 Å². The summed E-state index contributed by atoms with van der Waals surface area (Å²) in [5.74, 6) is -2.09. The van der Waals surface area contributed by atoms with E-state index in [-0.39, 0.29) is 25.2 Å². The third-order valence-electron chi connectivity index (χ3n) is 24.3. The van der Waals surface area contributed by atoms with Gasteiger partial charge in [-0.15, -0.1) is 0 Å². The highest BCUT2D eigenvalue weighted by Gasteiger charge is 2.74. The molecule has 11 rings (SSSR count). The second kappa shape index (κ2) is 26.8. The molecule has 39 atom stereocenters. The molecule has 0 radical (unpaired) electrons. The Labute approximate surface area is 543 Å². The van der Waals surface area contributed by atoms with Crippen LogP contribution in [0.25, 0.3) is 0 Å². The van der Waals surface area contributed by atoms with E-state index >= 15 is 4.79 Å². The summed E-state index contributed by atoms with van der Waals surface area (Å²) in [5.41, 5.74) is -4.32. The average Bonchev–Trinajstić information content (AvgIpc) is 0.994. The molecule has 4 saturated carbocycles. The summed E-state index contributed by atoms with van der Waals surface area (Å²) in [6.45, 7) is 13.9. The van der Waals surface area contributed by atoms with Gasteiger partial charge in [-0.2, -0.15) is 0 Å². The Morgan fingerprint density at radius 2 is 1.02 bits per heavy atom. The third kappa shape index (κ3) is 12.1. The van der Waals surface area contributed by atoms with Gasteiger partial charge in [-0.25, -0.2) is 0 Å². The van der Waals surface area contributed by atoms with Gasteiger partial charge in [-0.1, -0.05) is 53.2 Å². The molecule has 31 heteroatoms. The van der Waals surface area contributed by atoms with Crippen LogP contribution in [0, 0.1) is 50.2 Å². The van der Waals surface area contributed by atoms with Crippen molar-refractivity contribution in [3.8, 4) is 0 Å². The highest BCUT2D eigenvalue weighted by Crippen LogP contribution is 2.77. The minimum Gasteiger partial charge on any atom is -0.432 e. The first kappa shape index (κ1) is 73.3. The zero-order chi connectivity index (χ0) is 68.8. The fourth-order valence-corrected chi connectivity index (χ4v) is 19.2. The Morgan fingerprint density at radius 1 is 0.500 bits per heavy atom. The Balaban J connectivity index is 0.836. The van der Waals surface area contributed by atoms with E-state index in [9.17, 15) is 91.9 Å². The van der Waals surface area contributed by atoms with Gasteiger partial charge >= 0.3 is 5.97 Å². The summed E-state index contributed by atoms with van der Waals surface area (Å²) in [6.07, 6.45) is -46.2. The van der Waals surface area contributed by atoms with Gasteiger partial charge in [0.05, 0.1) is 68.5 Å². The number of aliphatic hydroxyl groups is 18. The molecule has 18 N–H and O–H groups in total. The summed E-state index contributed by atoms with van der Waals surface area (Å²) in [7, 11) is 0. The first-order valence-corrected chi connectivity index (χ1v) is 33.1. The number of rotatable bonds is 14. The number of carbonyl (C=O) groups excluding carboxylic acids is 1. The van der Waals surface area contributed by atoms with Crippen molar-refractivity contribution in [2.24, 2.45) is 50.2 Å². The molecule has 6 saturated heterocycles. The van der Waals surface area contributed by atoms with Crippen LogP contribution in [-0.4, -0.2) is 315 Å². The SMILES string of the molecule is CC1OC(OC2C(O)COC(OC3C(C)OC(OC4C(OC(=O)C56CCC7(C)C(=CCC8C9(C)CC(O)C(OC%10OC(CO)C(O)C(O)C%10O)C(C)(CO)C9C(O)CC87C)C5CC(C)(C)C6)OCC(O)C4O)C(O)C3OC3OC(C)C(O)C(O)C3O)C2O)C(O)C(O)C1O. The van der Waals surface area contributed by atoms with Crippen LogP contribution in [0.2, 0.25) is 0 Å². The third-order valence-corrected chi connectivity index (χ3v) is 24.3. The van der Waals surface area contributed by atoms with Crippen molar-refractivity contribution >= 4 is 5.97 Å². The van der Waals surface area contributed by atoms with Gasteiger partial charge in [-0.3, -0.25) is 4.79 Å². The maximum absolute atomic E-state index is 15.6. The molecule has 5 aliphatic carbocycles. The lowest BCUT2D eigenvalue weighted by Gasteiger charge is -2.72. The van der Waals surface area contributed by atoms with Crippen LogP contribution in [0.1, 0.15) is 107 Å². The summed E-state index contributed by atoms with van der Waals surface area (Å²) in [5, 5.41) is 200. The Kier molecular flexibility index (Phi) is 20.9. The molecule has 0 aromatic carbocycles. The van der Waals surface area contributed by atoms with Gasteiger partial charge < -0.3 is 149 Å². The second-order valence-corrected chi connectivity index (χ2v) is 30.8. The highest BCUT2D eigenvalue weighted by atomic mass is 16.8. The lowest BCUT2D eigenvalue weighted by Crippen LogP contribution is -2.72. The van der Waals surface area contributed by atoms with Gasteiger partial charge in [0.2, 0.25) is 6.29 Å². The van der Waals surface area contributed by atoms with Crippen LogP contribution in [0.5, 0.6) is 0 Å². The number of aliphatic hydroxyl groups excluding tert-OH is 18. The van der Waals surface area contributed by atoms with Gasteiger partial charge in [0, 0.05) is 11.3 Å². The van der Waals surface area contributed by atoms with E-state index < -0.39 is 267 Å². The number of ether oxygens (including phenoxy) is 12. The minimum atomic E-state index is -2.08. The predicted molar refractivity (Wildman–Crippen MR) is 311 cm³/mol. The molecule has 0 amide bonds. The maximum Gasteiger partial charge on any atom is 0.315 e. The van der Waals surface area contributed by atoms with E-state index in [1.165, 1.54) is 20.8 Å². The summed E-state index contributed by atoms with van der Waals surface area (Å²) in [6, 6.07) is 0. The number of carbonyl (C=O) groups is 1. The molecule has 10 fully saturated rings. The van der Waals surface area contributed by atoms with Crippen LogP contribution < -0.4 is 0 Å². The standard InChI is InChI=1S/C63H102O31/c1-22-33(70)37(74)40(77)52(85-22)90-46-30(69)19-83-51(43(46)80)89-45-24(3)87-55(44(81)47(45)91-53-41(78)38(75)34(71)23(2)86-53)92-48-35(72)29(68)18-84-56(48)94-57(82)63-13-12-61(8)25(26(63)14-58(4,5)20-63)10-11-32-59(6)15-28(67)50(60(7,21-65)49(59)27(66)16-62(32,61)9)93-54-42(79)39(76)36(73)31(17-64)88-54/h10,22-24,26-56,64-81H,11-21H2,1-9H3. The van der Waals surface area contributed by atoms with E-state index in [1.807, 2.05) is 6.92 Å². The molecule has 0 bridgehead atoms. The van der Waals surface area contributed by atoms with E-state index in [4.69, 9.17) is 56.8 Å². The average molecular weight is 1360 g/mol. The van der Waals surface area contributed by atoms with Crippen LogP contribution >= 0.6 is 0 Å². The predicted octanol–water partition coefficient (Wildman–Crippen LogP) is -5.50. The molecule has 6 heterocycles. The van der Waals surface area contributed by atoms with E-state index in [2.05, 4.69) is 33.8 Å². The minimum absolute atomic E-state index is 0.0761. The van der Waals surface area contributed by atoms with Crippen LogP contribution in [0.15, 0.2) is 11.6 Å². The molecule has 39 unspecified atom stereocenters. The number of hydrogen-bond donors (Lipinski definition) is 18. The first-order chi connectivity index (χ1) is 43.9. The van der Waals surface area contributed by atoms with Crippen molar-refractivity contribution in [3.05, 3.63) is 11.6 Å². The summed E-state index contributed by atoms with van der Waals surface area (Å²) < 4.78 is 72.3. The van der Waals surface area contributed by atoms with Crippen molar-refractivity contribution < 1.29 is 154 Å². The van der Waals surface area contributed by atoms with Crippen molar-refractivity contribution in [2.75, 3.05) is 26.4 Å². The van der Waals surface area contributed by atoms with Crippen molar-refractivity contribution in [2.45, 2.75) is 298 Å². The molecule has 31 nitrogen and oxygen atoms in total. The lowest BCUT2D eigenvalue weighted by atomic mass is 9.33. The van der Waals surface area contributed by atoms with E-state index in [0.29, 0.717) is 25.7 Å². The molecular weight excluding hydrogens is 1250 g/mol. The molecule has 94 heavy (non-hydrogen) atoms. The number of esters is 1. The fraction of sp³-hybridized carbons (Fsp3) is 0.952. The van der Waals surface area contributed by atoms with Crippen molar-refractivity contribution in [1.29, 1.82) is 0 Å². The molecule has 540 valence electrons. The monoisotopic (exact) mass is 1350 g/mol. The summed E-state index contributed by atoms with van der Waals surface area (Å²) >= 11 is 0. The molecular formula is C63H102O31. The summed E-state index contributed by atoms with van der Waals surface area (Å²) in [4.78, 5) is 15.6. The van der Waals surface area contributed by atoms with Crippen molar-refractivity contribution in [1.82, 2.24) is 0 Å². The van der Waals surface area contributed by atoms with E-state index in [1.54, 1.807) is 6.92 Å². The lowest BCUT2D eigenvalue weighted by molar-refractivity contribution is -0.395. The molecule has 11 aliphatic rings. The number of hydrogen-bond acceptors (Lipinski definition) is 31. The molecule has 0 spiro atoms. The Morgan fingerprint density at radius 3 is 1.63 bits per heavy atom. The highest BCUT2D eigenvalue weighted by molar-refractivity contribution is 5.79. The number of allylic oxidation sites excluding steroid dienone is 2. The second-order valence-electron chi connectivity index (χ2n) is 30.8. The molecule has 0 aromatic rings. The zero-order valence-corrected chi connectivity index (χ0v) is 54.3. The Bertz CT molecular complexity index is 2680. The quantitative estimate of drug-likeness (QED) is 0.0438. The molecule has 6 aliphatic heterocycles.